The van der Waals surface area contributed by atoms with E-state index in [4.69, 9.17) is 0 Å². The van der Waals surface area contributed by atoms with Crippen LogP contribution in [-0.4, -0.2) is 51.2 Å². The molecule has 0 saturated carbocycles. The molecule has 0 radical (unpaired) electrons. The van der Waals surface area contributed by atoms with Crippen molar-refractivity contribution < 1.29 is 5.11 Å². The van der Waals surface area contributed by atoms with Crippen LogP contribution in [-0.2, 0) is 0 Å². The zero-order valence-corrected chi connectivity index (χ0v) is 16.5. The van der Waals surface area contributed by atoms with Crippen LogP contribution in [0.4, 0.5) is 0 Å². The summed E-state index contributed by atoms with van der Waals surface area (Å²) in [7, 11) is 0. The molecule has 0 spiro atoms. The molecule has 3 fully saturated rings. The quantitative estimate of drug-likeness (QED) is 0.887. The summed E-state index contributed by atoms with van der Waals surface area (Å²) in [6.45, 7) is 5.93. The Morgan fingerprint density at radius 3 is 2.75 bits per heavy atom. The van der Waals surface area contributed by atoms with Crippen molar-refractivity contribution in [3.05, 3.63) is 53.8 Å². The Kier molecular flexibility index (Phi) is 4.65. The van der Waals surface area contributed by atoms with E-state index in [0.717, 1.165) is 35.7 Å². The number of piperidine rings is 3. The number of allylic oxidation sites excluding steroid dienone is 2. The lowest BCUT2D eigenvalue weighted by molar-refractivity contribution is 0.0504. The fourth-order valence-corrected chi connectivity index (χ4v) is 5.00. The van der Waals surface area contributed by atoms with Crippen LogP contribution in [0.1, 0.15) is 37.8 Å². The third-order valence-corrected chi connectivity index (χ3v) is 6.75. The predicted octanol–water partition coefficient (Wildman–Crippen LogP) is 3.55. The summed E-state index contributed by atoms with van der Waals surface area (Å²) in [5.41, 5.74) is 5.56. The van der Waals surface area contributed by atoms with Gasteiger partial charge in [0, 0.05) is 12.1 Å². The highest BCUT2D eigenvalue weighted by Crippen LogP contribution is 2.36. The Labute approximate surface area is 166 Å². The number of hydrogen-bond donors (Lipinski definition) is 1. The highest BCUT2D eigenvalue weighted by atomic mass is 16.3. The highest BCUT2D eigenvalue weighted by Gasteiger charge is 2.35. The smallest absolute Gasteiger partial charge is 0.113 e. The third-order valence-electron chi connectivity index (χ3n) is 6.75. The summed E-state index contributed by atoms with van der Waals surface area (Å²) in [6, 6.07) is 9.05. The number of aromatic nitrogens is 3. The van der Waals surface area contributed by atoms with Gasteiger partial charge >= 0.3 is 0 Å². The maximum Gasteiger partial charge on any atom is 0.113 e. The summed E-state index contributed by atoms with van der Waals surface area (Å²) < 4.78 is 2.10. The molecule has 6 rings (SSSR count). The summed E-state index contributed by atoms with van der Waals surface area (Å²) in [5, 5.41) is 18.5. The van der Waals surface area contributed by atoms with Crippen LogP contribution in [0.25, 0.3) is 16.8 Å². The molecule has 2 unspecified atom stereocenters. The van der Waals surface area contributed by atoms with Gasteiger partial charge < -0.3 is 10.0 Å². The molecule has 2 atom stereocenters. The Morgan fingerprint density at radius 1 is 1.18 bits per heavy atom. The normalized spacial score (nSPS) is 29.5. The van der Waals surface area contributed by atoms with Crippen LogP contribution in [0.2, 0.25) is 0 Å². The van der Waals surface area contributed by atoms with Gasteiger partial charge in [-0.15, -0.1) is 5.10 Å². The maximum atomic E-state index is 9.51. The van der Waals surface area contributed by atoms with E-state index < -0.39 is 0 Å². The molecule has 1 N–H and O–H groups in total. The average Bonchev–Trinajstić information content (AvgIpc) is 3.25. The number of fused-ring (bicyclic) bond motifs is 3. The van der Waals surface area contributed by atoms with Crippen LogP contribution < -0.4 is 0 Å². The Hall–Kier alpha value is -2.24. The number of hydrogen-bond acceptors (Lipinski definition) is 4. The number of rotatable bonds is 4. The standard InChI is InChI=1S/C23H28N4O/c1-16-5-6-17(15-28)11-21(16)19-3-2-4-20(12-19)22-13-27(25-24-22)23-14-26-9-7-18(23)8-10-26/h2-4,6,11-13,16,18,23,28H,5,7-10,14-15H2,1H3. The summed E-state index contributed by atoms with van der Waals surface area (Å²) in [4.78, 5) is 2.55. The Balaban J connectivity index is 1.42. The molecule has 1 aromatic heterocycles. The minimum atomic E-state index is 0.101. The van der Waals surface area contributed by atoms with Crippen LogP contribution in [0.3, 0.4) is 0 Å². The first-order valence-corrected chi connectivity index (χ1v) is 10.5. The number of nitrogens with zero attached hydrogens (tertiary/aromatic N) is 4. The second-order valence-corrected chi connectivity index (χ2v) is 8.54. The first kappa shape index (κ1) is 17.8. The van der Waals surface area contributed by atoms with E-state index in [9.17, 15) is 5.11 Å². The molecular formula is C23H28N4O. The molecule has 1 aliphatic carbocycles. The molecule has 5 nitrogen and oxygen atoms in total. The van der Waals surface area contributed by atoms with E-state index in [1.54, 1.807) is 0 Å². The monoisotopic (exact) mass is 376 g/mol. The number of aliphatic hydroxyl groups excluding tert-OH is 1. The van der Waals surface area contributed by atoms with Crippen LogP contribution >= 0.6 is 0 Å². The van der Waals surface area contributed by atoms with E-state index in [2.05, 4.69) is 69.4 Å². The second-order valence-electron chi connectivity index (χ2n) is 8.54. The number of aliphatic hydroxyl groups is 1. The zero-order chi connectivity index (χ0) is 19.1. The maximum absolute atomic E-state index is 9.51. The van der Waals surface area contributed by atoms with E-state index in [1.807, 2.05) is 0 Å². The molecule has 4 heterocycles. The summed E-state index contributed by atoms with van der Waals surface area (Å²) in [5.74, 6) is 1.19. The van der Waals surface area contributed by atoms with E-state index >= 15 is 0 Å². The van der Waals surface area contributed by atoms with Gasteiger partial charge in [-0.25, -0.2) is 4.68 Å². The first-order valence-electron chi connectivity index (χ1n) is 10.5. The van der Waals surface area contributed by atoms with Gasteiger partial charge in [0.25, 0.3) is 0 Å². The molecule has 2 aromatic rings. The lowest BCUT2D eigenvalue weighted by Gasteiger charge is -2.44. The van der Waals surface area contributed by atoms with Gasteiger partial charge in [-0.05, 0) is 67.0 Å². The Morgan fingerprint density at radius 2 is 2.00 bits per heavy atom. The number of benzene rings is 1. The minimum Gasteiger partial charge on any atom is -0.392 e. The fraction of sp³-hybridized carbons (Fsp3) is 0.478. The fourth-order valence-electron chi connectivity index (χ4n) is 5.00. The van der Waals surface area contributed by atoms with Gasteiger partial charge in [0.15, 0.2) is 0 Å². The van der Waals surface area contributed by atoms with Gasteiger partial charge in [-0.1, -0.05) is 42.5 Å². The van der Waals surface area contributed by atoms with Crippen molar-refractivity contribution >= 4 is 5.57 Å². The Bertz CT molecular complexity index is 920. The molecule has 4 aliphatic rings. The van der Waals surface area contributed by atoms with Crippen LogP contribution in [0, 0.1) is 11.8 Å². The summed E-state index contributed by atoms with van der Waals surface area (Å²) in [6.07, 6.45) is 9.93. The van der Waals surface area contributed by atoms with Crippen molar-refractivity contribution in [3.8, 4) is 11.3 Å². The minimum absolute atomic E-state index is 0.101. The molecule has 1 aromatic carbocycles. The van der Waals surface area contributed by atoms with Crippen molar-refractivity contribution in [2.24, 2.45) is 11.8 Å². The molecule has 0 amide bonds. The molecule has 3 saturated heterocycles. The van der Waals surface area contributed by atoms with Gasteiger partial charge in [-0.3, -0.25) is 0 Å². The molecular weight excluding hydrogens is 348 g/mol. The third kappa shape index (κ3) is 3.23. The van der Waals surface area contributed by atoms with Crippen LogP contribution in [0.5, 0.6) is 0 Å². The topological polar surface area (TPSA) is 54.2 Å². The highest BCUT2D eigenvalue weighted by molar-refractivity contribution is 5.74. The van der Waals surface area contributed by atoms with Crippen molar-refractivity contribution in [1.82, 2.24) is 19.9 Å². The largest absolute Gasteiger partial charge is 0.392 e. The van der Waals surface area contributed by atoms with E-state index in [0.29, 0.717) is 12.0 Å². The van der Waals surface area contributed by atoms with E-state index in [1.165, 1.54) is 37.1 Å². The molecule has 2 bridgehead atoms. The predicted molar refractivity (Wildman–Crippen MR) is 111 cm³/mol. The van der Waals surface area contributed by atoms with Gasteiger partial charge in [-0.2, -0.15) is 0 Å². The second kappa shape index (κ2) is 7.30. The van der Waals surface area contributed by atoms with Gasteiger partial charge in [0.2, 0.25) is 0 Å². The van der Waals surface area contributed by atoms with Crippen molar-refractivity contribution in [2.75, 3.05) is 26.2 Å². The van der Waals surface area contributed by atoms with Gasteiger partial charge in [0.05, 0.1) is 18.8 Å². The molecule has 3 aliphatic heterocycles. The summed E-state index contributed by atoms with van der Waals surface area (Å²) >= 11 is 0. The van der Waals surface area contributed by atoms with Gasteiger partial charge in [0.1, 0.15) is 5.69 Å². The zero-order valence-electron chi connectivity index (χ0n) is 16.5. The lowest BCUT2D eigenvalue weighted by Crippen LogP contribution is -2.48. The lowest BCUT2D eigenvalue weighted by atomic mass is 9.84. The first-order chi connectivity index (χ1) is 13.7. The van der Waals surface area contributed by atoms with E-state index in [-0.39, 0.29) is 6.61 Å². The molecule has 146 valence electrons. The van der Waals surface area contributed by atoms with Crippen molar-refractivity contribution in [1.29, 1.82) is 0 Å². The van der Waals surface area contributed by atoms with Crippen molar-refractivity contribution in [3.63, 3.8) is 0 Å². The van der Waals surface area contributed by atoms with Crippen LogP contribution in [0.15, 0.2) is 48.2 Å². The van der Waals surface area contributed by atoms with Crippen molar-refractivity contribution in [2.45, 2.75) is 32.2 Å². The average molecular weight is 377 g/mol. The molecule has 5 heteroatoms. The SMILES string of the molecule is CC1CC=C(CO)C=C1c1cccc(-c2cn(C3CN4CCC3CC4)nn2)c1. The molecule has 28 heavy (non-hydrogen) atoms.